The third-order valence-electron chi connectivity index (χ3n) is 2.73. The molecular formula is C14H17NO. The van der Waals surface area contributed by atoms with Gasteiger partial charge in [0.15, 0.2) is 0 Å². The minimum atomic E-state index is 0.744. The quantitative estimate of drug-likeness (QED) is 0.778. The molecule has 0 unspecified atom stereocenters. The highest BCUT2D eigenvalue weighted by molar-refractivity contribution is 5.54. The second-order valence-electron chi connectivity index (χ2n) is 3.96. The molecule has 0 aliphatic heterocycles. The van der Waals surface area contributed by atoms with Gasteiger partial charge in [-0.15, -0.1) is 0 Å². The average Bonchev–Trinajstić information content (AvgIpc) is 2.73. The summed E-state index contributed by atoms with van der Waals surface area (Å²) in [4.78, 5) is 4.53. The van der Waals surface area contributed by atoms with Crippen molar-refractivity contribution in [3.05, 3.63) is 41.3 Å². The van der Waals surface area contributed by atoms with Gasteiger partial charge in [0, 0.05) is 12.0 Å². The van der Waals surface area contributed by atoms with Crippen LogP contribution in [-0.4, -0.2) is 4.98 Å². The Hall–Kier alpha value is -1.57. The van der Waals surface area contributed by atoms with Gasteiger partial charge in [-0.1, -0.05) is 31.5 Å². The fourth-order valence-electron chi connectivity index (χ4n) is 1.76. The molecule has 2 heteroatoms. The van der Waals surface area contributed by atoms with Gasteiger partial charge in [-0.05, 0) is 25.5 Å². The molecule has 0 fully saturated rings. The molecule has 0 radical (unpaired) electrons. The zero-order chi connectivity index (χ0) is 11.5. The van der Waals surface area contributed by atoms with Crippen molar-refractivity contribution in [2.75, 3.05) is 0 Å². The Morgan fingerprint density at radius 3 is 2.25 bits per heavy atom. The summed E-state index contributed by atoms with van der Waals surface area (Å²) in [5, 5.41) is 0. The fraction of sp³-hybridized carbons (Fsp3) is 0.357. The number of aryl methyl sites for hydroxylation is 3. The monoisotopic (exact) mass is 215 g/mol. The lowest BCUT2D eigenvalue weighted by Crippen LogP contribution is -1.85. The van der Waals surface area contributed by atoms with E-state index in [1.54, 1.807) is 0 Å². The van der Waals surface area contributed by atoms with E-state index in [0.717, 1.165) is 35.7 Å². The zero-order valence-electron chi connectivity index (χ0n) is 10.1. The largest absolute Gasteiger partial charge is 0.441 e. The third kappa shape index (κ3) is 2.01. The molecule has 1 heterocycles. The number of rotatable bonds is 3. The van der Waals surface area contributed by atoms with Crippen LogP contribution < -0.4 is 0 Å². The van der Waals surface area contributed by atoms with Crippen molar-refractivity contribution in [2.45, 2.75) is 33.6 Å². The Kier molecular flexibility index (Phi) is 3.09. The van der Waals surface area contributed by atoms with Crippen molar-refractivity contribution in [1.82, 2.24) is 4.98 Å². The molecule has 16 heavy (non-hydrogen) atoms. The van der Waals surface area contributed by atoms with E-state index in [1.165, 1.54) is 5.56 Å². The van der Waals surface area contributed by atoms with E-state index in [4.69, 9.17) is 4.42 Å². The Labute approximate surface area is 96.3 Å². The molecule has 0 atom stereocenters. The molecule has 2 nitrogen and oxygen atoms in total. The van der Waals surface area contributed by atoms with E-state index >= 15 is 0 Å². The number of hydrogen-bond donors (Lipinski definition) is 0. The number of aromatic nitrogens is 1. The predicted octanol–water partition coefficient (Wildman–Crippen LogP) is 3.77. The summed E-state index contributed by atoms with van der Waals surface area (Å²) in [5.41, 5.74) is 3.39. The average molecular weight is 215 g/mol. The van der Waals surface area contributed by atoms with E-state index < -0.39 is 0 Å². The Morgan fingerprint density at radius 2 is 1.75 bits per heavy atom. The molecule has 2 rings (SSSR count). The second kappa shape index (κ2) is 4.52. The standard InChI is InChI=1S/C14H17NO/c1-4-12-13(5-2)16-14(15-12)11-8-6-10(3)7-9-11/h6-9H,4-5H2,1-3H3. The molecule has 1 aromatic carbocycles. The van der Waals surface area contributed by atoms with Gasteiger partial charge in [0.1, 0.15) is 5.76 Å². The number of oxazole rings is 1. The van der Waals surface area contributed by atoms with E-state index in [9.17, 15) is 0 Å². The van der Waals surface area contributed by atoms with Crippen LogP contribution in [0.2, 0.25) is 0 Å². The van der Waals surface area contributed by atoms with Crippen molar-refractivity contribution >= 4 is 0 Å². The summed E-state index contributed by atoms with van der Waals surface area (Å²) in [6.45, 7) is 6.28. The summed E-state index contributed by atoms with van der Waals surface area (Å²) in [5.74, 6) is 1.76. The number of nitrogens with zero attached hydrogens (tertiary/aromatic N) is 1. The van der Waals surface area contributed by atoms with Crippen molar-refractivity contribution in [1.29, 1.82) is 0 Å². The second-order valence-corrected chi connectivity index (χ2v) is 3.96. The molecule has 0 aliphatic carbocycles. The molecule has 0 aliphatic rings. The van der Waals surface area contributed by atoms with E-state index in [2.05, 4.69) is 50.0 Å². The van der Waals surface area contributed by atoms with Crippen molar-refractivity contribution in [2.24, 2.45) is 0 Å². The lowest BCUT2D eigenvalue weighted by molar-refractivity contribution is 0.521. The van der Waals surface area contributed by atoms with Gasteiger partial charge in [0.05, 0.1) is 5.69 Å². The lowest BCUT2D eigenvalue weighted by Gasteiger charge is -1.95. The van der Waals surface area contributed by atoms with E-state index in [0.29, 0.717) is 0 Å². The maximum Gasteiger partial charge on any atom is 0.226 e. The Morgan fingerprint density at radius 1 is 1.06 bits per heavy atom. The highest BCUT2D eigenvalue weighted by atomic mass is 16.4. The lowest BCUT2D eigenvalue weighted by atomic mass is 10.1. The van der Waals surface area contributed by atoms with Gasteiger partial charge >= 0.3 is 0 Å². The van der Waals surface area contributed by atoms with Gasteiger partial charge in [-0.2, -0.15) is 0 Å². The highest BCUT2D eigenvalue weighted by Crippen LogP contribution is 2.23. The van der Waals surface area contributed by atoms with Crippen LogP contribution in [0, 0.1) is 6.92 Å². The Balaban J connectivity index is 2.40. The number of benzene rings is 1. The summed E-state index contributed by atoms with van der Waals surface area (Å²) in [7, 11) is 0. The van der Waals surface area contributed by atoms with Crippen LogP contribution in [0.1, 0.15) is 30.9 Å². The maximum atomic E-state index is 5.77. The minimum Gasteiger partial charge on any atom is -0.441 e. The zero-order valence-corrected chi connectivity index (χ0v) is 10.1. The van der Waals surface area contributed by atoms with Gasteiger partial charge in [-0.3, -0.25) is 0 Å². The smallest absolute Gasteiger partial charge is 0.226 e. The maximum absolute atomic E-state index is 5.77. The molecule has 0 N–H and O–H groups in total. The molecule has 0 spiro atoms. The van der Waals surface area contributed by atoms with Gasteiger partial charge in [0.2, 0.25) is 5.89 Å². The van der Waals surface area contributed by atoms with Gasteiger partial charge < -0.3 is 4.42 Å². The van der Waals surface area contributed by atoms with Crippen LogP contribution in [0.4, 0.5) is 0 Å². The Bertz CT molecular complexity index is 446. The van der Waals surface area contributed by atoms with Gasteiger partial charge in [-0.25, -0.2) is 4.98 Å². The van der Waals surface area contributed by atoms with E-state index in [1.807, 2.05) is 0 Å². The van der Waals surface area contributed by atoms with Crippen molar-refractivity contribution in [3.63, 3.8) is 0 Å². The van der Waals surface area contributed by atoms with Crippen LogP contribution in [0.15, 0.2) is 28.7 Å². The summed E-state index contributed by atoms with van der Waals surface area (Å²) >= 11 is 0. The van der Waals surface area contributed by atoms with E-state index in [-0.39, 0.29) is 0 Å². The van der Waals surface area contributed by atoms with Crippen molar-refractivity contribution in [3.8, 4) is 11.5 Å². The first kappa shape index (κ1) is 10.9. The molecule has 0 bridgehead atoms. The first-order chi connectivity index (χ1) is 7.74. The van der Waals surface area contributed by atoms with Crippen LogP contribution in [-0.2, 0) is 12.8 Å². The number of hydrogen-bond acceptors (Lipinski definition) is 2. The molecule has 0 saturated heterocycles. The topological polar surface area (TPSA) is 26.0 Å². The molecule has 0 amide bonds. The molecule has 1 aromatic heterocycles. The summed E-state index contributed by atoms with van der Waals surface area (Å²) in [6.07, 6.45) is 1.83. The normalized spacial score (nSPS) is 10.7. The molecule has 2 aromatic rings. The predicted molar refractivity (Wildman–Crippen MR) is 65.4 cm³/mol. The van der Waals surface area contributed by atoms with Crippen LogP contribution >= 0.6 is 0 Å². The first-order valence-electron chi connectivity index (χ1n) is 5.80. The third-order valence-corrected chi connectivity index (χ3v) is 2.73. The van der Waals surface area contributed by atoms with Crippen LogP contribution in [0.5, 0.6) is 0 Å². The summed E-state index contributed by atoms with van der Waals surface area (Å²) < 4.78 is 5.77. The first-order valence-corrected chi connectivity index (χ1v) is 5.80. The minimum absolute atomic E-state index is 0.744. The van der Waals surface area contributed by atoms with Crippen LogP contribution in [0.3, 0.4) is 0 Å². The molecule has 84 valence electrons. The van der Waals surface area contributed by atoms with Gasteiger partial charge in [0.25, 0.3) is 0 Å². The van der Waals surface area contributed by atoms with Crippen molar-refractivity contribution < 1.29 is 4.42 Å². The summed E-state index contributed by atoms with van der Waals surface area (Å²) in [6, 6.07) is 8.27. The van der Waals surface area contributed by atoms with Crippen LogP contribution in [0.25, 0.3) is 11.5 Å². The SMILES string of the molecule is CCc1nc(-c2ccc(C)cc2)oc1CC. The molecular weight excluding hydrogens is 198 g/mol. The highest BCUT2D eigenvalue weighted by Gasteiger charge is 2.11. The fourth-order valence-corrected chi connectivity index (χ4v) is 1.76. The molecule has 0 saturated carbocycles.